The van der Waals surface area contributed by atoms with Gasteiger partial charge in [0.1, 0.15) is 0 Å². The first kappa shape index (κ1) is 16.9. The van der Waals surface area contributed by atoms with Crippen molar-refractivity contribution in [1.82, 2.24) is 4.90 Å². The summed E-state index contributed by atoms with van der Waals surface area (Å²) in [7, 11) is 3.45. The van der Waals surface area contributed by atoms with Crippen molar-refractivity contribution in [3.63, 3.8) is 0 Å². The number of nitrogens with zero attached hydrogens (tertiary/aromatic N) is 1. The quantitative estimate of drug-likeness (QED) is 0.732. The highest BCUT2D eigenvalue weighted by molar-refractivity contribution is 4.87. The lowest BCUT2D eigenvalue weighted by molar-refractivity contribution is -0.0205. The average Bonchev–Trinajstić information content (AvgIpc) is 2.40. The first-order valence-corrected chi connectivity index (χ1v) is 7.50. The molecule has 0 spiro atoms. The van der Waals surface area contributed by atoms with Crippen LogP contribution in [-0.4, -0.2) is 62.7 Å². The Balaban J connectivity index is 2.61. The first-order valence-electron chi connectivity index (χ1n) is 7.50. The molecule has 4 heteroatoms. The van der Waals surface area contributed by atoms with E-state index in [0.717, 1.165) is 38.3 Å². The molecule has 0 aliphatic heterocycles. The van der Waals surface area contributed by atoms with Crippen LogP contribution in [0.25, 0.3) is 0 Å². The summed E-state index contributed by atoms with van der Waals surface area (Å²) < 4.78 is 10.4. The van der Waals surface area contributed by atoms with Crippen molar-refractivity contribution < 1.29 is 14.6 Å². The van der Waals surface area contributed by atoms with Crippen molar-refractivity contribution in [2.45, 2.75) is 45.3 Å². The number of hydrogen-bond acceptors (Lipinski definition) is 4. The van der Waals surface area contributed by atoms with E-state index in [1.165, 1.54) is 0 Å². The van der Waals surface area contributed by atoms with Gasteiger partial charge in [-0.1, -0.05) is 13.8 Å². The maximum atomic E-state index is 10.3. The molecule has 0 aromatic heterocycles. The minimum absolute atomic E-state index is 0.205. The molecule has 114 valence electrons. The molecular formula is C15H31NO3. The Morgan fingerprint density at radius 3 is 2.16 bits per heavy atom. The largest absolute Gasteiger partial charge is 0.391 e. The van der Waals surface area contributed by atoms with Crippen molar-refractivity contribution >= 4 is 0 Å². The van der Waals surface area contributed by atoms with Crippen molar-refractivity contribution in [2.75, 3.05) is 40.5 Å². The molecule has 0 bridgehead atoms. The molecule has 1 rings (SSSR count). The monoisotopic (exact) mass is 273 g/mol. The smallest absolute Gasteiger partial charge is 0.0695 e. The first-order chi connectivity index (χ1) is 9.10. The third kappa shape index (κ3) is 5.38. The van der Waals surface area contributed by atoms with E-state index in [1.54, 1.807) is 14.2 Å². The average molecular weight is 273 g/mol. The lowest BCUT2D eigenvalue weighted by atomic mass is 9.77. The van der Waals surface area contributed by atoms with E-state index in [9.17, 15) is 5.11 Å². The van der Waals surface area contributed by atoms with E-state index in [-0.39, 0.29) is 12.1 Å². The molecule has 0 heterocycles. The van der Waals surface area contributed by atoms with Gasteiger partial charge in [0.25, 0.3) is 0 Å². The van der Waals surface area contributed by atoms with E-state index in [4.69, 9.17) is 9.47 Å². The molecule has 1 aliphatic carbocycles. The van der Waals surface area contributed by atoms with Crippen molar-refractivity contribution in [2.24, 2.45) is 11.8 Å². The van der Waals surface area contributed by atoms with Crippen LogP contribution in [0.15, 0.2) is 0 Å². The van der Waals surface area contributed by atoms with Gasteiger partial charge in [-0.25, -0.2) is 0 Å². The Hall–Kier alpha value is -0.160. The Morgan fingerprint density at radius 2 is 1.68 bits per heavy atom. The molecule has 1 N–H and O–H groups in total. The summed E-state index contributed by atoms with van der Waals surface area (Å²) in [6, 6.07) is 0.256. The van der Waals surface area contributed by atoms with Gasteiger partial charge in [0.2, 0.25) is 0 Å². The van der Waals surface area contributed by atoms with Crippen molar-refractivity contribution in [3.8, 4) is 0 Å². The normalized spacial score (nSPS) is 28.3. The van der Waals surface area contributed by atoms with Gasteiger partial charge in [0, 0.05) is 33.4 Å². The molecule has 3 unspecified atom stereocenters. The Morgan fingerprint density at radius 1 is 1.11 bits per heavy atom. The molecular weight excluding hydrogens is 242 g/mol. The summed E-state index contributed by atoms with van der Waals surface area (Å²) in [6.07, 6.45) is 2.96. The van der Waals surface area contributed by atoms with Gasteiger partial charge in [-0.15, -0.1) is 0 Å². The van der Waals surface area contributed by atoms with Gasteiger partial charge in [-0.2, -0.15) is 0 Å². The van der Waals surface area contributed by atoms with Crippen LogP contribution in [0.1, 0.15) is 33.1 Å². The Bertz CT molecular complexity index is 227. The number of hydrogen-bond donors (Lipinski definition) is 1. The molecule has 1 aliphatic rings. The Labute approximate surface area is 118 Å². The number of methoxy groups -OCH3 is 2. The van der Waals surface area contributed by atoms with E-state index in [0.29, 0.717) is 19.1 Å². The third-order valence-electron chi connectivity index (χ3n) is 4.40. The highest BCUT2D eigenvalue weighted by Gasteiger charge is 2.34. The minimum atomic E-state index is -0.205. The third-order valence-corrected chi connectivity index (χ3v) is 4.40. The topological polar surface area (TPSA) is 41.9 Å². The predicted molar refractivity (Wildman–Crippen MR) is 77.3 cm³/mol. The van der Waals surface area contributed by atoms with Crippen molar-refractivity contribution in [1.29, 1.82) is 0 Å². The summed E-state index contributed by atoms with van der Waals surface area (Å²) in [4.78, 5) is 2.34. The summed E-state index contributed by atoms with van der Waals surface area (Å²) in [5.41, 5.74) is 0. The van der Waals surface area contributed by atoms with E-state index < -0.39 is 0 Å². The number of aliphatic hydroxyl groups excluding tert-OH is 1. The van der Waals surface area contributed by atoms with Gasteiger partial charge in [0.05, 0.1) is 19.3 Å². The predicted octanol–water partition coefficient (Wildman–Crippen LogP) is 1.77. The fourth-order valence-corrected chi connectivity index (χ4v) is 3.02. The number of aliphatic hydroxyl groups is 1. The van der Waals surface area contributed by atoms with Gasteiger partial charge in [-0.3, -0.25) is 4.90 Å². The summed E-state index contributed by atoms with van der Waals surface area (Å²) in [6.45, 7) is 7.72. The second kappa shape index (κ2) is 8.90. The van der Waals surface area contributed by atoms with Gasteiger partial charge in [0.15, 0.2) is 0 Å². The minimum Gasteiger partial charge on any atom is -0.391 e. The van der Waals surface area contributed by atoms with Crippen LogP contribution in [0, 0.1) is 11.8 Å². The highest BCUT2D eigenvalue weighted by atomic mass is 16.5. The van der Waals surface area contributed by atoms with Crippen LogP contribution in [0.2, 0.25) is 0 Å². The Kier molecular flexibility index (Phi) is 7.91. The zero-order valence-electron chi connectivity index (χ0n) is 13.0. The van der Waals surface area contributed by atoms with Gasteiger partial charge >= 0.3 is 0 Å². The van der Waals surface area contributed by atoms with Crippen LogP contribution in [0.4, 0.5) is 0 Å². The van der Waals surface area contributed by atoms with E-state index >= 15 is 0 Å². The molecule has 0 aromatic carbocycles. The lowest BCUT2D eigenvalue weighted by Gasteiger charge is -2.41. The second-order valence-electron chi connectivity index (χ2n) is 5.97. The maximum Gasteiger partial charge on any atom is 0.0695 e. The van der Waals surface area contributed by atoms with Crippen LogP contribution in [0.3, 0.4) is 0 Å². The lowest BCUT2D eigenvalue weighted by Crippen LogP contribution is -2.50. The molecule has 0 aromatic rings. The zero-order chi connectivity index (χ0) is 14.3. The highest BCUT2D eigenvalue weighted by Crippen LogP contribution is 2.32. The van der Waals surface area contributed by atoms with Crippen LogP contribution in [-0.2, 0) is 9.47 Å². The summed E-state index contributed by atoms with van der Waals surface area (Å²) >= 11 is 0. The fourth-order valence-electron chi connectivity index (χ4n) is 3.02. The van der Waals surface area contributed by atoms with E-state index in [1.807, 2.05) is 0 Å². The molecule has 3 atom stereocenters. The second-order valence-corrected chi connectivity index (χ2v) is 5.97. The molecule has 0 amide bonds. The molecule has 0 saturated heterocycles. The maximum absolute atomic E-state index is 10.3. The SMILES string of the molecule is COCCN(CCOC)C1CC(C(C)C)CCC1O. The fraction of sp³-hybridized carbons (Fsp3) is 1.00. The molecule has 1 fully saturated rings. The van der Waals surface area contributed by atoms with Crippen molar-refractivity contribution in [3.05, 3.63) is 0 Å². The zero-order valence-corrected chi connectivity index (χ0v) is 13.0. The standard InChI is InChI=1S/C15H31NO3/c1-12(2)13-5-6-15(17)14(11-13)16(7-9-18-3)8-10-19-4/h12-15,17H,5-11H2,1-4H3. The number of rotatable bonds is 8. The number of ether oxygens (including phenoxy) is 2. The van der Waals surface area contributed by atoms with E-state index in [2.05, 4.69) is 18.7 Å². The van der Waals surface area contributed by atoms with Gasteiger partial charge in [-0.05, 0) is 31.1 Å². The molecule has 19 heavy (non-hydrogen) atoms. The van der Waals surface area contributed by atoms with Crippen LogP contribution < -0.4 is 0 Å². The van der Waals surface area contributed by atoms with Crippen LogP contribution >= 0.6 is 0 Å². The summed E-state index contributed by atoms with van der Waals surface area (Å²) in [5, 5.41) is 10.3. The molecule has 1 saturated carbocycles. The molecule has 0 radical (unpaired) electrons. The molecule has 4 nitrogen and oxygen atoms in total. The summed E-state index contributed by atoms with van der Waals surface area (Å²) in [5.74, 6) is 1.42. The van der Waals surface area contributed by atoms with Crippen LogP contribution in [0.5, 0.6) is 0 Å². The van der Waals surface area contributed by atoms with Gasteiger partial charge < -0.3 is 14.6 Å².